The molecule has 1 saturated carbocycles. The maximum atomic E-state index is 13.2. The molecule has 0 spiro atoms. The van der Waals surface area contributed by atoms with Crippen LogP contribution in [0.3, 0.4) is 0 Å². The number of methoxy groups -OCH3 is 1. The van der Waals surface area contributed by atoms with Gasteiger partial charge in [0.15, 0.2) is 5.01 Å². The van der Waals surface area contributed by atoms with Gasteiger partial charge in [0.2, 0.25) is 0 Å². The molecule has 2 aliphatic rings. The van der Waals surface area contributed by atoms with Crippen LogP contribution in [-0.4, -0.2) is 65.4 Å². The van der Waals surface area contributed by atoms with Gasteiger partial charge in [-0.25, -0.2) is 4.98 Å². The molecule has 1 aliphatic heterocycles. The molecule has 9 nitrogen and oxygen atoms in total. The molecule has 0 saturated heterocycles. The van der Waals surface area contributed by atoms with Crippen molar-refractivity contribution in [2.45, 2.75) is 44.3 Å². The molecule has 198 valence electrons. The molecule has 12 heteroatoms. The minimum absolute atomic E-state index is 0. The lowest BCUT2D eigenvalue weighted by Gasteiger charge is -2.35. The Morgan fingerprint density at radius 1 is 1.16 bits per heavy atom. The van der Waals surface area contributed by atoms with Crippen molar-refractivity contribution in [1.29, 1.82) is 0 Å². The number of esters is 1. The molecule has 0 unspecified atom stereocenters. The van der Waals surface area contributed by atoms with Crippen LogP contribution in [0, 0.1) is 5.92 Å². The Labute approximate surface area is 229 Å². The zero-order valence-corrected chi connectivity index (χ0v) is 22.9. The van der Waals surface area contributed by atoms with E-state index in [9.17, 15) is 14.4 Å². The van der Waals surface area contributed by atoms with Crippen molar-refractivity contribution >= 4 is 64.0 Å². The number of fused-ring (bicyclic) bond motifs is 2. The summed E-state index contributed by atoms with van der Waals surface area (Å²) in [6, 6.07) is 6.34. The second kappa shape index (κ2) is 11.4. The van der Waals surface area contributed by atoms with E-state index in [1.165, 1.54) is 18.4 Å². The number of hydrogen-bond acceptors (Lipinski definition) is 7. The molecular formula is C25H29Cl2N5O4S. The van der Waals surface area contributed by atoms with Crippen LogP contribution in [0.5, 0.6) is 0 Å². The van der Waals surface area contributed by atoms with Crippen molar-refractivity contribution in [2.75, 3.05) is 20.7 Å². The van der Waals surface area contributed by atoms with Gasteiger partial charge in [0.05, 0.1) is 24.8 Å². The molecule has 3 heterocycles. The minimum Gasteiger partial charge on any atom is -0.469 e. The number of nitrogens with zero attached hydrogens (tertiary/aromatic N) is 2. The highest BCUT2D eigenvalue weighted by molar-refractivity contribution is 7.13. The third-order valence-electron chi connectivity index (χ3n) is 6.96. The Morgan fingerprint density at radius 2 is 1.95 bits per heavy atom. The maximum Gasteiger partial charge on any atom is 0.308 e. The first-order valence-corrected chi connectivity index (χ1v) is 13.1. The van der Waals surface area contributed by atoms with Gasteiger partial charge >= 0.3 is 5.97 Å². The van der Waals surface area contributed by atoms with Crippen LogP contribution in [0.15, 0.2) is 24.3 Å². The molecule has 3 aromatic rings. The van der Waals surface area contributed by atoms with E-state index in [2.05, 4.69) is 25.5 Å². The number of halogens is 2. The molecule has 0 bridgehead atoms. The summed E-state index contributed by atoms with van der Waals surface area (Å²) in [6.07, 6.45) is 2.28. The number of likely N-dealkylation sites (N-methyl/N-ethyl adjacent to an activating group) is 1. The average Bonchev–Trinajstić information content (AvgIpc) is 3.48. The highest BCUT2D eigenvalue weighted by Gasteiger charge is 2.37. The van der Waals surface area contributed by atoms with Crippen LogP contribution < -0.4 is 10.6 Å². The first-order valence-electron chi connectivity index (χ1n) is 12.0. The van der Waals surface area contributed by atoms with Gasteiger partial charge in [-0.05, 0) is 50.6 Å². The first-order chi connectivity index (χ1) is 17.3. The van der Waals surface area contributed by atoms with Gasteiger partial charge in [0.25, 0.3) is 11.8 Å². The number of hydrogen-bond donors (Lipinski definition) is 3. The topological polar surface area (TPSA) is 116 Å². The van der Waals surface area contributed by atoms with Gasteiger partial charge in [-0.15, -0.1) is 23.7 Å². The lowest BCUT2D eigenvalue weighted by Crippen LogP contribution is -2.55. The summed E-state index contributed by atoms with van der Waals surface area (Å²) in [4.78, 5) is 49.5. The fraction of sp³-hybridized carbons (Fsp3) is 0.440. The predicted molar refractivity (Wildman–Crippen MR) is 145 cm³/mol. The molecule has 1 fully saturated rings. The molecule has 1 aromatic carbocycles. The van der Waals surface area contributed by atoms with Crippen molar-refractivity contribution in [3.63, 3.8) is 0 Å². The number of nitrogens with one attached hydrogen (secondary N) is 3. The number of carbonyl (C=O) groups excluding carboxylic acids is 3. The number of rotatable bonds is 5. The van der Waals surface area contributed by atoms with E-state index in [0.717, 1.165) is 41.0 Å². The summed E-state index contributed by atoms with van der Waals surface area (Å²) in [5, 5.41) is 7.95. The van der Waals surface area contributed by atoms with E-state index in [4.69, 9.17) is 16.3 Å². The molecule has 5 rings (SSSR count). The van der Waals surface area contributed by atoms with Gasteiger partial charge in [0, 0.05) is 46.4 Å². The molecule has 3 N–H and O–H groups in total. The molecule has 2 amide bonds. The van der Waals surface area contributed by atoms with Crippen molar-refractivity contribution in [3.8, 4) is 0 Å². The second-order valence-corrected chi connectivity index (χ2v) is 11.0. The molecule has 0 radical (unpaired) electrons. The zero-order valence-electron chi connectivity index (χ0n) is 20.5. The van der Waals surface area contributed by atoms with E-state index in [-0.39, 0.29) is 42.2 Å². The van der Waals surface area contributed by atoms with E-state index in [0.29, 0.717) is 35.0 Å². The highest BCUT2D eigenvalue weighted by Crippen LogP contribution is 2.29. The number of aromatic amines is 1. The van der Waals surface area contributed by atoms with E-state index >= 15 is 0 Å². The zero-order chi connectivity index (χ0) is 25.4. The number of thiazole rings is 1. The molecular weight excluding hydrogens is 537 g/mol. The largest absolute Gasteiger partial charge is 0.469 e. The summed E-state index contributed by atoms with van der Waals surface area (Å²) in [7, 11) is 3.41. The normalized spacial score (nSPS) is 21.5. The van der Waals surface area contributed by atoms with E-state index in [1.54, 1.807) is 18.2 Å². The number of amides is 2. The van der Waals surface area contributed by atoms with Crippen molar-refractivity contribution in [3.05, 3.63) is 50.6 Å². The van der Waals surface area contributed by atoms with Crippen molar-refractivity contribution in [1.82, 2.24) is 25.5 Å². The standard InChI is InChI=1S/C25H28ClN5O4S.ClH/c1-31-8-7-18-21(12-31)36-24(30-18)23(33)29-19-10-13(25(34)35-2)3-5-17(19)28-22(32)20-11-14-9-15(26)4-6-16(14)27-20;/h4,6,9,11,13,17,19,27H,3,5,7-8,10,12H2,1-2H3,(H,28,32)(H,29,33);1H/t13-,17+,19-;/m1./s1. The van der Waals surface area contributed by atoms with Crippen LogP contribution in [0.4, 0.5) is 0 Å². The van der Waals surface area contributed by atoms with Crippen LogP contribution >= 0.6 is 35.3 Å². The molecule has 37 heavy (non-hydrogen) atoms. The number of ether oxygens (including phenoxy) is 1. The van der Waals surface area contributed by atoms with Crippen molar-refractivity contribution < 1.29 is 19.1 Å². The number of H-pyrrole nitrogens is 1. The SMILES string of the molecule is COC(=O)[C@@H]1CC[C@H](NC(=O)c2cc3cc(Cl)ccc3[nH]2)[C@H](NC(=O)c2nc3c(s2)CN(C)CC3)C1.Cl. The lowest BCUT2D eigenvalue weighted by atomic mass is 9.82. The maximum absolute atomic E-state index is 13.2. The third-order valence-corrected chi connectivity index (χ3v) is 8.28. The predicted octanol–water partition coefficient (Wildman–Crippen LogP) is 3.56. The van der Waals surface area contributed by atoms with Gasteiger partial charge < -0.3 is 25.3 Å². The Bertz CT molecular complexity index is 1330. The van der Waals surface area contributed by atoms with Gasteiger partial charge in [0.1, 0.15) is 5.69 Å². The smallest absolute Gasteiger partial charge is 0.308 e. The van der Waals surface area contributed by atoms with Crippen LogP contribution in [0.2, 0.25) is 5.02 Å². The van der Waals surface area contributed by atoms with Gasteiger partial charge in [-0.1, -0.05) is 11.6 Å². The minimum atomic E-state index is -0.443. The fourth-order valence-corrected chi connectivity index (χ4v) is 6.28. The fourth-order valence-electron chi connectivity index (χ4n) is 5.01. The Morgan fingerprint density at radius 3 is 2.73 bits per heavy atom. The average molecular weight is 567 g/mol. The third kappa shape index (κ3) is 5.93. The Kier molecular flexibility index (Phi) is 8.42. The Balaban J connectivity index is 0.00000320. The second-order valence-electron chi connectivity index (χ2n) is 9.48. The summed E-state index contributed by atoms with van der Waals surface area (Å²) in [5.74, 6) is -1.22. The quantitative estimate of drug-likeness (QED) is 0.407. The molecule has 3 atom stereocenters. The number of aromatic nitrogens is 2. The summed E-state index contributed by atoms with van der Waals surface area (Å²) >= 11 is 7.48. The summed E-state index contributed by atoms with van der Waals surface area (Å²) in [6.45, 7) is 1.69. The van der Waals surface area contributed by atoms with Crippen LogP contribution in [0.1, 0.15) is 50.1 Å². The van der Waals surface area contributed by atoms with E-state index < -0.39 is 6.04 Å². The molecule has 2 aromatic heterocycles. The first kappa shape index (κ1) is 27.4. The summed E-state index contributed by atoms with van der Waals surface area (Å²) in [5.41, 5.74) is 2.19. The van der Waals surface area contributed by atoms with Crippen LogP contribution in [0.25, 0.3) is 10.9 Å². The molecule has 1 aliphatic carbocycles. The summed E-state index contributed by atoms with van der Waals surface area (Å²) < 4.78 is 4.95. The number of carbonyl (C=O) groups is 3. The Hall–Kier alpha value is -2.66. The monoisotopic (exact) mass is 565 g/mol. The van der Waals surface area contributed by atoms with Gasteiger partial charge in [-0.2, -0.15) is 0 Å². The van der Waals surface area contributed by atoms with Crippen LogP contribution in [-0.2, 0) is 22.5 Å². The number of benzene rings is 1. The van der Waals surface area contributed by atoms with E-state index in [1.807, 2.05) is 13.1 Å². The lowest BCUT2D eigenvalue weighted by molar-refractivity contribution is -0.146. The highest BCUT2D eigenvalue weighted by atomic mass is 35.5. The van der Waals surface area contributed by atoms with Gasteiger partial charge in [-0.3, -0.25) is 14.4 Å². The van der Waals surface area contributed by atoms with Crippen molar-refractivity contribution in [2.24, 2.45) is 5.92 Å².